The van der Waals surface area contributed by atoms with E-state index in [4.69, 9.17) is 14.9 Å². The normalized spacial score (nSPS) is 8.71. The molecule has 24 heavy (non-hydrogen) atoms. The van der Waals surface area contributed by atoms with Crippen molar-refractivity contribution in [2.75, 3.05) is 32.9 Å². The van der Waals surface area contributed by atoms with Crippen LogP contribution in [0.2, 0.25) is 0 Å². The molecule has 0 aromatic heterocycles. The molecule has 0 unspecified atom stereocenters. The number of carbonyl (C=O) groups is 1. The zero-order valence-electron chi connectivity index (χ0n) is 15.4. The first-order chi connectivity index (χ1) is 11.7. The second-order valence-corrected chi connectivity index (χ2v) is 4.84. The highest BCUT2D eigenvalue weighted by Crippen LogP contribution is 1.92. The predicted octanol–water partition coefficient (Wildman–Crippen LogP) is 2.80. The van der Waals surface area contributed by atoms with Crippen molar-refractivity contribution >= 4 is 6.09 Å². The number of aliphatic hydroxyl groups excluding tert-OH is 2. The molecule has 0 aromatic carbocycles. The van der Waals surface area contributed by atoms with Gasteiger partial charge in [-0.3, -0.25) is 0 Å². The van der Waals surface area contributed by atoms with Crippen LogP contribution in [-0.2, 0) is 4.74 Å². The van der Waals surface area contributed by atoms with Gasteiger partial charge in [-0.2, -0.15) is 0 Å². The highest BCUT2D eigenvalue weighted by Gasteiger charge is 2.07. The third kappa shape index (κ3) is 18.4. The maximum Gasteiger partial charge on any atom is 0.409 e. The number of unbranched alkanes of at least 4 members (excludes halogenated alkanes) is 4. The molecular weight excluding hydrogens is 306 g/mol. The van der Waals surface area contributed by atoms with Crippen LogP contribution >= 0.6 is 0 Å². The number of hydrogen-bond donors (Lipinski definition) is 2. The standard InChI is InChI=1S/C12H18O2.C7H15NO2/c13-11-9-7-5-3-1-2-4-6-8-10-12-14;1-4-8(5-2)7(9)10-6-3/h13-14H,5-12H2;4-6H2,1-3H3. The van der Waals surface area contributed by atoms with Gasteiger partial charge in [0.15, 0.2) is 0 Å². The van der Waals surface area contributed by atoms with Gasteiger partial charge in [-0.1, -0.05) is 11.8 Å². The lowest BCUT2D eigenvalue weighted by Gasteiger charge is -2.16. The Balaban J connectivity index is 0. The monoisotopic (exact) mass is 339 g/mol. The summed E-state index contributed by atoms with van der Waals surface area (Å²) in [5.41, 5.74) is 0. The molecule has 0 radical (unpaired) electrons. The largest absolute Gasteiger partial charge is 0.450 e. The van der Waals surface area contributed by atoms with Gasteiger partial charge in [0.2, 0.25) is 0 Å². The molecule has 5 heteroatoms. The van der Waals surface area contributed by atoms with Gasteiger partial charge in [0, 0.05) is 39.1 Å². The van der Waals surface area contributed by atoms with Crippen LogP contribution in [0.15, 0.2) is 0 Å². The molecule has 5 nitrogen and oxygen atoms in total. The quantitative estimate of drug-likeness (QED) is 0.501. The van der Waals surface area contributed by atoms with Gasteiger partial charge in [-0.15, -0.1) is 0 Å². The Kier molecular flexibility index (Phi) is 21.8. The first kappa shape index (κ1) is 24.6. The van der Waals surface area contributed by atoms with Gasteiger partial charge in [0.25, 0.3) is 0 Å². The molecule has 0 rings (SSSR count). The molecule has 0 fully saturated rings. The molecule has 0 bridgehead atoms. The first-order valence-electron chi connectivity index (χ1n) is 8.76. The topological polar surface area (TPSA) is 70.0 Å². The Morgan fingerprint density at radius 2 is 1.33 bits per heavy atom. The molecule has 138 valence electrons. The number of hydrogen-bond acceptors (Lipinski definition) is 4. The van der Waals surface area contributed by atoms with Gasteiger partial charge in [0.05, 0.1) is 6.61 Å². The average Bonchev–Trinajstić information content (AvgIpc) is 2.58. The van der Waals surface area contributed by atoms with E-state index >= 15 is 0 Å². The first-order valence-corrected chi connectivity index (χ1v) is 8.76. The molecule has 0 aliphatic heterocycles. The second kappa shape index (κ2) is 21.3. The van der Waals surface area contributed by atoms with Crippen molar-refractivity contribution in [3.63, 3.8) is 0 Å². The van der Waals surface area contributed by atoms with Crippen LogP contribution in [0.25, 0.3) is 0 Å². The minimum absolute atomic E-state index is 0.215. The molecular formula is C19H33NO4. The van der Waals surface area contributed by atoms with Gasteiger partial charge < -0.3 is 19.8 Å². The lowest BCUT2D eigenvalue weighted by atomic mass is 10.2. The third-order valence-corrected chi connectivity index (χ3v) is 2.95. The van der Waals surface area contributed by atoms with Crippen molar-refractivity contribution in [3.8, 4) is 23.7 Å². The van der Waals surface area contributed by atoms with Crippen molar-refractivity contribution in [1.29, 1.82) is 0 Å². The van der Waals surface area contributed by atoms with E-state index in [2.05, 4.69) is 23.7 Å². The van der Waals surface area contributed by atoms with Crippen LogP contribution in [0.1, 0.15) is 59.3 Å². The Morgan fingerprint density at radius 3 is 1.67 bits per heavy atom. The maximum atomic E-state index is 10.9. The maximum absolute atomic E-state index is 10.9. The van der Waals surface area contributed by atoms with Crippen molar-refractivity contribution < 1.29 is 19.7 Å². The van der Waals surface area contributed by atoms with Crippen LogP contribution in [0.3, 0.4) is 0 Å². The summed E-state index contributed by atoms with van der Waals surface area (Å²) in [5, 5.41) is 17.0. The minimum atomic E-state index is -0.215. The van der Waals surface area contributed by atoms with Crippen LogP contribution in [0, 0.1) is 23.7 Å². The van der Waals surface area contributed by atoms with Crippen LogP contribution < -0.4 is 0 Å². The van der Waals surface area contributed by atoms with E-state index in [9.17, 15) is 4.79 Å². The average molecular weight is 339 g/mol. The summed E-state index contributed by atoms with van der Waals surface area (Å²) in [6.07, 6.45) is 4.92. The summed E-state index contributed by atoms with van der Waals surface area (Å²) in [7, 11) is 0. The number of nitrogens with zero attached hydrogens (tertiary/aromatic N) is 1. The summed E-state index contributed by atoms with van der Waals surface area (Å²) >= 11 is 0. The van der Waals surface area contributed by atoms with Gasteiger partial charge >= 0.3 is 6.09 Å². The van der Waals surface area contributed by atoms with Gasteiger partial charge in [-0.05, 0) is 58.3 Å². The van der Waals surface area contributed by atoms with Crippen molar-refractivity contribution in [2.24, 2.45) is 0 Å². The molecule has 0 saturated heterocycles. The van der Waals surface area contributed by atoms with E-state index in [1.54, 1.807) is 11.8 Å². The molecule has 0 atom stereocenters. The summed E-state index contributed by atoms with van der Waals surface area (Å²) in [6.45, 7) is 8.05. The van der Waals surface area contributed by atoms with E-state index < -0.39 is 0 Å². The zero-order valence-corrected chi connectivity index (χ0v) is 15.4. The fraction of sp³-hybridized carbons (Fsp3) is 0.737. The lowest BCUT2D eigenvalue weighted by Crippen LogP contribution is -2.30. The van der Waals surface area contributed by atoms with Crippen molar-refractivity contribution in [3.05, 3.63) is 0 Å². The SMILES string of the molecule is CCOC(=O)N(CC)CC.OCCCCC#CC#CCCCCO. The van der Waals surface area contributed by atoms with E-state index in [0.717, 1.165) is 51.6 Å². The summed E-state index contributed by atoms with van der Waals surface area (Å²) in [4.78, 5) is 12.6. The van der Waals surface area contributed by atoms with Crippen LogP contribution in [-0.4, -0.2) is 54.1 Å². The minimum Gasteiger partial charge on any atom is -0.450 e. The Labute approximate surface area is 147 Å². The predicted molar refractivity (Wildman–Crippen MR) is 97.4 cm³/mol. The highest BCUT2D eigenvalue weighted by molar-refractivity contribution is 5.67. The Bertz CT molecular complexity index is 371. The van der Waals surface area contributed by atoms with Crippen molar-refractivity contribution in [1.82, 2.24) is 4.90 Å². The lowest BCUT2D eigenvalue weighted by molar-refractivity contribution is 0.111. The summed E-state index contributed by atoms with van der Waals surface area (Å²) in [5.74, 6) is 11.4. The van der Waals surface area contributed by atoms with Crippen LogP contribution in [0.5, 0.6) is 0 Å². The molecule has 0 heterocycles. The Hall–Kier alpha value is -1.69. The molecule has 1 amide bonds. The van der Waals surface area contributed by atoms with E-state index in [0.29, 0.717) is 6.61 Å². The number of amides is 1. The molecule has 2 N–H and O–H groups in total. The third-order valence-electron chi connectivity index (χ3n) is 2.95. The molecule has 0 aliphatic carbocycles. The van der Waals surface area contributed by atoms with E-state index in [1.807, 2.05) is 13.8 Å². The summed E-state index contributed by atoms with van der Waals surface area (Å²) in [6, 6.07) is 0. The number of ether oxygens (including phenoxy) is 1. The summed E-state index contributed by atoms with van der Waals surface area (Å²) < 4.78 is 4.77. The second-order valence-electron chi connectivity index (χ2n) is 4.84. The van der Waals surface area contributed by atoms with Crippen molar-refractivity contribution in [2.45, 2.75) is 59.3 Å². The van der Waals surface area contributed by atoms with Crippen LogP contribution in [0.4, 0.5) is 4.79 Å². The van der Waals surface area contributed by atoms with Gasteiger partial charge in [-0.25, -0.2) is 4.79 Å². The smallest absolute Gasteiger partial charge is 0.409 e. The van der Waals surface area contributed by atoms with E-state index in [1.165, 1.54) is 0 Å². The molecule has 0 saturated carbocycles. The molecule has 0 aliphatic rings. The molecule has 0 spiro atoms. The zero-order chi connectivity index (χ0) is 18.5. The molecule has 0 aromatic rings. The highest BCUT2D eigenvalue weighted by atomic mass is 16.6. The van der Waals surface area contributed by atoms with E-state index in [-0.39, 0.29) is 19.3 Å². The Morgan fingerprint density at radius 1 is 0.875 bits per heavy atom. The number of carbonyl (C=O) groups excluding carboxylic acids is 1. The van der Waals surface area contributed by atoms with Gasteiger partial charge in [0.1, 0.15) is 0 Å². The number of aliphatic hydroxyl groups is 2. The fourth-order valence-corrected chi connectivity index (χ4v) is 1.56. The fourth-order valence-electron chi connectivity index (χ4n) is 1.56. The number of rotatable bonds is 9.